The van der Waals surface area contributed by atoms with Crippen LogP contribution in [0.1, 0.15) is 48.7 Å². The quantitative estimate of drug-likeness (QED) is 0.807. The van der Waals surface area contributed by atoms with E-state index >= 15 is 0 Å². The molecule has 1 unspecified atom stereocenters. The highest BCUT2D eigenvalue weighted by Gasteiger charge is 2.29. The van der Waals surface area contributed by atoms with Crippen LogP contribution < -0.4 is 5.56 Å². The lowest BCUT2D eigenvalue weighted by molar-refractivity contribution is 0.211. The van der Waals surface area contributed by atoms with Crippen molar-refractivity contribution < 1.29 is 0 Å². The van der Waals surface area contributed by atoms with Gasteiger partial charge in [-0.3, -0.25) is 9.69 Å². The third-order valence-electron chi connectivity index (χ3n) is 5.84. The van der Waals surface area contributed by atoms with Gasteiger partial charge in [-0.15, -0.1) is 0 Å². The van der Waals surface area contributed by atoms with Crippen LogP contribution in [0.25, 0.3) is 0 Å². The summed E-state index contributed by atoms with van der Waals surface area (Å²) in [4.78, 5) is 19.4. The molecule has 138 valence electrons. The molecule has 0 N–H and O–H groups in total. The molecule has 0 amide bonds. The molecule has 0 spiro atoms. The number of rotatable bonds is 5. The number of thioether (sulfide) groups is 1. The van der Waals surface area contributed by atoms with E-state index < -0.39 is 0 Å². The minimum absolute atomic E-state index is 0.0566. The molecule has 5 rings (SSSR count). The monoisotopic (exact) mass is 371 g/mol. The summed E-state index contributed by atoms with van der Waals surface area (Å²) >= 11 is 1.89. The molecule has 2 aromatic rings. The molecule has 26 heavy (non-hydrogen) atoms. The number of hydrogen-bond donors (Lipinski definition) is 0. The molecule has 1 saturated heterocycles. The molecular formula is C19H25N5OS. The fourth-order valence-electron chi connectivity index (χ4n) is 4.24. The number of imidazole rings is 1. The highest BCUT2D eigenvalue weighted by molar-refractivity contribution is 7.98. The van der Waals surface area contributed by atoms with E-state index in [-0.39, 0.29) is 5.56 Å². The van der Waals surface area contributed by atoms with Gasteiger partial charge >= 0.3 is 0 Å². The van der Waals surface area contributed by atoms with Gasteiger partial charge in [0, 0.05) is 43.1 Å². The summed E-state index contributed by atoms with van der Waals surface area (Å²) in [7, 11) is 0. The van der Waals surface area contributed by atoms with E-state index in [4.69, 9.17) is 5.10 Å². The molecule has 6 nitrogen and oxygen atoms in total. The summed E-state index contributed by atoms with van der Waals surface area (Å²) in [6.07, 6.45) is 9.85. The number of aromatic nitrogens is 4. The van der Waals surface area contributed by atoms with Gasteiger partial charge in [0.05, 0.1) is 24.3 Å². The van der Waals surface area contributed by atoms with Gasteiger partial charge < -0.3 is 4.57 Å². The van der Waals surface area contributed by atoms with Crippen LogP contribution in [-0.4, -0.2) is 42.6 Å². The Bertz CT molecular complexity index is 856. The van der Waals surface area contributed by atoms with Crippen LogP contribution in [0, 0.1) is 0 Å². The molecule has 2 aromatic heterocycles. The Balaban J connectivity index is 1.33. The Kier molecular flexibility index (Phi) is 4.36. The summed E-state index contributed by atoms with van der Waals surface area (Å²) in [5, 5.41) is 4.71. The summed E-state index contributed by atoms with van der Waals surface area (Å²) in [6, 6.07) is 2.87. The van der Waals surface area contributed by atoms with Gasteiger partial charge in [0.1, 0.15) is 0 Å². The third-order valence-corrected chi connectivity index (χ3v) is 6.85. The first-order chi connectivity index (χ1) is 12.8. The van der Waals surface area contributed by atoms with Crippen molar-refractivity contribution in [2.24, 2.45) is 0 Å². The second-order valence-corrected chi connectivity index (χ2v) is 8.83. The molecular weight excluding hydrogens is 346 g/mol. The van der Waals surface area contributed by atoms with Crippen LogP contribution in [-0.2, 0) is 25.3 Å². The van der Waals surface area contributed by atoms with Crippen molar-refractivity contribution in [3.8, 4) is 0 Å². The molecule has 0 radical (unpaired) electrons. The topological polar surface area (TPSA) is 56.0 Å². The smallest absolute Gasteiger partial charge is 0.267 e. The zero-order valence-corrected chi connectivity index (χ0v) is 15.8. The molecule has 1 aliphatic carbocycles. The fraction of sp³-hybridized carbons (Fsp3) is 0.632. The lowest BCUT2D eigenvalue weighted by Crippen LogP contribution is -2.37. The summed E-state index contributed by atoms with van der Waals surface area (Å²) in [5.74, 6) is 2.04. The van der Waals surface area contributed by atoms with E-state index in [9.17, 15) is 4.79 Å². The molecule has 4 heterocycles. The predicted octanol–water partition coefficient (Wildman–Crippen LogP) is 2.23. The largest absolute Gasteiger partial charge is 0.330 e. The minimum Gasteiger partial charge on any atom is -0.330 e. The average Bonchev–Trinajstić information content (AvgIpc) is 3.23. The van der Waals surface area contributed by atoms with Crippen LogP contribution in [0.3, 0.4) is 0 Å². The highest BCUT2D eigenvalue weighted by atomic mass is 32.2. The van der Waals surface area contributed by atoms with E-state index in [1.54, 1.807) is 4.68 Å². The summed E-state index contributed by atoms with van der Waals surface area (Å²) < 4.78 is 4.06. The molecule has 1 atom stereocenters. The van der Waals surface area contributed by atoms with Crippen LogP contribution in [0.2, 0.25) is 0 Å². The van der Waals surface area contributed by atoms with Gasteiger partial charge in [-0.25, -0.2) is 9.67 Å². The van der Waals surface area contributed by atoms with E-state index in [1.165, 1.54) is 25.0 Å². The maximum atomic E-state index is 12.5. The van der Waals surface area contributed by atoms with Gasteiger partial charge in [-0.2, -0.15) is 16.9 Å². The number of nitrogens with zero attached hydrogens (tertiary/aromatic N) is 5. The molecule has 0 bridgehead atoms. The van der Waals surface area contributed by atoms with E-state index in [0.717, 1.165) is 48.7 Å². The van der Waals surface area contributed by atoms with Crippen LogP contribution in [0.15, 0.2) is 23.4 Å². The zero-order valence-electron chi connectivity index (χ0n) is 15.0. The Hall–Kier alpha value is -1.60. The van der Waals surface area contributed by atoms with Gasteiger partial charge in [0.25, 0.3) is 5.56 Å². The zero-order chi connectivity index (χ0) is 17.5. The number of aryl methyl sites for hydroxylation is 1. The molecule has 0 aromatic carbocycles. The molecule has 7 heteroatoms. The number of hydrogen-bond acceptors (Lipinski definition) is 5. The van der Waals surface area contributed by atoms with Gasteiger partial charge in [-0.1, -0.05) is 0 Å². The normalized spacial score (nSPS) is 23.3. The fourth-order valence-corrected chi connectivity index (χ4v) is 5.19. The first-order valence-corrected chi connectivity index (χ1v) is 10.9. The Morgan fingerprint density at radius 1 is 1.27 bits per heavy atom. The number of likely N-dealkylation sites (tertiary alicyclic amines) is 1. The molecule has 2 aliphatic heterocycles. The van der Waals surface area contributed by atoms with Crippen molar-refractivity contribution >= 4 is 11.8 Å². The van der Waals surface area contributed by atoms with Gasteiger partial charge in [-0.05, 0) is 43.5 Å². The van der Waals surface area contributed by atoms with E-state index in [0.29, 0.717) is 18.6 Å². The predicted molar refractivity (Wildman–Crippen MR) is 102 cm³/mol. The van der Waals surface area contributed by atoms with E-state index in [2.05, 4.69) is 14.5 Å². The first kappa shape index (κ1) is 16.6. The third kappa shape index (κ3) is 3.22. The van der Waals surface area contributed by atoms with E-state index in [1.807, 2.05) is 30.4 Å². The SMILES string of the molecule is O=c1cc2c(nn1CC1CCCN1Cc1cncn1C1CC1)CCSC2. The maximum Gasteiger partial charge on any atom is 0.267 e. The van der Waals surface area contributed by atoms with Crippen molar-refractivity contribution in [3.63, 3.8) is 0 Å². The second-order valence-electron chi connectivity index (χ2n) is 7.73. The Labute approximate surface area is 157 Å². The Morgan fingerprint density at radius 3 is 3.08 bits per heavy atom. The molecule has 2 fully saturated rings. The van der Waals surface area contributed by atoms with Crippen LogP contribution >= 0.6 is 11.8 Å². The van der Waals surface area contributed by atoms with Crippen molar-refractivity contribution in [2.45, 2.75) is 63.0 Å². The summed E-state index contributed by atoms with van der Waals surface area (Å²) in [5.41, 5.74) is 3.63. The van der Waals surface area contributed by atoms with Crippen molar-refractivity contribution in [3.05, 3.63) is 45.9 Å². The van der Waals surface area contributed by atoms with Gasteiger partial charge in [0.2, 0.25) is 0 Å². The molecule has 3 aliphatic rings. The second kappa shape index (κ2) is 6.85. The molecule has 1 saturated carbocycles. The first-order valence-electron chi connectivity index (χ1n) is 9.70. The van der Waals surface area contributed by atoms with Gasteiger partial charge in [0.15, 0.2) is 0 Å². The average molecular weight is 372 g/mol. The van der Waals surface area contributed by atoms with Crippen molar-refractivity contribution in [1.29, 1.82) is 0 Å². The standard InChI is InChI=1S/C19H25N5OS/c25-19-8-14-12-26-7-5-18(14)21-24(19)11-16-2-1-6-22(16)10-17-9-20-13-23(17)15-3-4-15/h8-9,13,15-16H,1-7,10-12H2. The van der Waals surface area contributed by atoms with Crippen molar-refractivity contribution in [1.82, 2.24) is 24.2 Å². The minimum atomic E-state index is 0.0566. The maximum absolute atomic E-state index is 12.5. The lowest BCUT2D eigenvalue weighted by atomic mass is 10.2. The van der Waals surface area contributed by atoms with Crippen molar-refractivity contribution in [2.75, 3.05) is 12.3 Å². The van der Waals surface area contributed by atoms with Crippen LogP contribution in [0.4, 0.5) is 0 Å². The highest BCUT2D eigenvalue weighted by Crippen LogP contribution is 2.36. The summed E-state index contributed by atoms with van der Waals surface area (Å²) in [6.45, 7) is 2.73. The lowest BCUT2D eigenvalue weighted by Gasteiger charge is -2.25. The Morgan fingerprint density at radius 2 is 2.19 bits per heavy atom. The number of fused-ring (bicyclic) bond motifs is 1. The van der Waals surface area contributed by atoms with Crippen LogP contribution in [0.5, 0.6) is 0 Å².